The number of primary amides is 1. The number of amides is 1. The zero-order valence-electron chi connectivity index (χ0n) is 21.3. The molecular weight excluding hydrogens is 456 g/mol. The summed E-state index contributed by atoms with van der Waals surface area (Å²) in [6.45, 7) is 6.49. The van der Waals surface area contributed by atoms with Crippen LogP contribution >= 0.6 is 11.8 Å². The predicted molar refractivity (Wildman–Crippen MR) is 146 cm³/mol. The highest BCUT2D eigenvalue weighted by Gasteiger charge is 2.31. The van der Waals surface area contributed by atoms with E-state index < -0.39 is 4.75 Å². The molecule has 0 aliphatic rings. The van der Waals surface area contributed by atoms with Crippen LogP contribution in [-0.4, -0.2) is 28.9 Å². The molecule has 0 saturated carbocycles. The average Bonchev–Trinajstić information content (AvgIpc) is 2.88. The van der Waals surface area contributed by atoms with E-state index in [4.69, 9.17) is 10.5 Å². The molecule has 188 valence electrons. The fraction of sp³-hybridized carbons (Fsp3) is 0.379. The quantitative estimate of drug-likeness (QED) is 0.176. The number of allylic oxidation sites excluding steroid dienone is 3. The van der Waals surface area contributed by atoms with Gasteiger partial charge in [-0.3, -0.25) is 4.79 Å². The van der Waals surface area contributed by atoms with E-state index in [1.165, 1.54) is 0 Å². The van der Waals surface area contributed by atoms with Crippen LogP contribution in [0.2, 0.25) is 0 Å². The van der Waals surface area contributed by atoms with Gasteiger partial charge < -0.3 is 20.2 Å². The first-order valence-corrected chi connectivity index (χ1v) is 12.9. The van der Waals surface area contributed by atoms with E-state index in [2.05, 4.69) is 11.0 Å². The van der Waals surface area contributed by atoms with Crippen LogP contribution in [0.1, 0.15) is 63.0 Å². The first-order valence-electron chi connectivity index (χ1n) is 12.0. The molecule has 0 aliphatic carbocycles. The smallest absolute Gasteiger partial charge is 0.221 e. The molecule has 0 bridgehead atoms. The van der Waals surface area contributed by atoms with E-state index in [-0.39, 0.29) is 17.7 Å². The molecule has 2 aromatic carbocycles. The zero-order valence-corrected chi connectivity index (χ0v) is 22.1. The second-order valence-electron chi connectivity index (χ2n) is 8.68. The lowest BCUT2D eigenvalue weighted by molar-refractivity contribution is -0.117. The minimum absolute atomic E-state index is 0.127. The number of hydrogen-bond acceptors (Lipinski definition) is 5. The minimum atomic E-state index is -0.542. The molecule has 6 heteroatoms. The van der Waals surface area contributed by atoms with Crippen LogP contribution in [-0.2, 0) is 16.2 Å². The van der Waals surface area contributed by atoms with Crippen molar-refractivity contribution in [1.29, 1.82) is 0 Å². The summed E-state index contributed by atoms with van der Waals surface area (Å²) in [5, 5.41) is -0.127. The third-order valence-electron chi connectivity index (χ3n) is 5.89. The number of benzene rings is 2. The Bertz CT molecular complexity index is 989. The van der Waals surface area contributed by atoms with E-state index in [1.54, 1.807) is 11.8 Å². The van der Waals surface area contributed by atoms with E-state index in [9.17, 15) is 9.59 Å². The Hall–Kier alpha value is -2.99. The van der Waals surface area contributed by atoms with Gasteiger partial charge in [-0.15, -0.1) is 11.8 Å². The standard InChI is InChI=1S/C29H38N2O3S/c1-5-7-9-14-25(17-20-27(30)33)31(4)28(35-29(3,6-2)22-32)24-15-18-26(19-16-24)34-21-23-12-10-8-11-13-23/h5,7-8,10-13,15-19,22,28H,6,9,14,20-21H2,1-4H3,(H2,30,33)/b7-5-,25-17+/t28?,29-/m1/s1. The Morgan fingerprint density at radius 3 is 2.43 bits per heavy atom. The molecule has 1 unspecified atom stereocenters. The third-order valence-corrected chi connectivity index (χ3v) is 7.63. The van der Waals surface area contributed by atoms with Gasteiger partial charge in [0.05, 0.1) is 4.75 Å². The average molecular weight is 495 g/mol. The molecule has 0 aliphatic heterocycles. The van der Waals surface area contributed by atoms with Crippen molar-refractivity contribution in [2.75, 3.05) is 7.05 Å². The van der Waals surface area contributed by atoms with Gasteiger partial charge in [0.2, 0.25) is 5.91 Å². The fourth-order valence-corrected chi connectivity index (χ4v) is 4.80. The number of carbonyl (C=O) groups is 2. The first-order chi connectivity index (χ1) is 16.8. The van der Waals surface area contributed by atoms with Crippen LogP contribution < -0.4 is 10.5 Å². The number of hydrogen-bond donors (Lipinski definition) is 1. The molecule has 2 atom stereocenters. The minimum Gasteiger partial charge on any atom is -0.489 e. The predicted octanol–water partition coefficient (Wildman–Crippen LogP) is 6.41. The number of thioether (sulfide) groups is 1. The van der Waals surface area contributed by atoms with Gasteiger partial charge in [-0.05, 0) is 56.4 Å². The molecule has 1 amide bonds. The highest BCUT2D eigenvalue weighted by molar-refractivity contribution is 8.01. The summed E-state index contributed by atoms with van der Waals surface area (Å²) in [5.74, 6) is 0.424. The summed E-state index contributed by atoms with van der Waals surface area (Å²) < 4.78 is 5.42. The zero-order chi connectivity index (χ0) is 25.7. The van der Waals surface area contributed by atoms with Gasteiger partial charge in [-0.2, -0.15) is 0 Å². The number of nitrogens with zero attached hydrogens (tertiary/aromatic N) is 1. The van der Waals surface area contributed by atoms with Gasteiger partial charge in [0.15, 0.2) is 0 Å². The summed E-state index contributed by atoms with van der Waals surface area (Å²) in [6.07, 6.45) is 9.58. The Kier molecular flexibility index (Phi) is 11.6. The second kappa shape index (κ2) is 14.4. The van der Waals surface area contributed by atoms with Crippen molar-refractivity contribution in [3.05, 3.63) is 89.6 Å². The lowest BCUT2D eigenvalue weighted by Gasteiger charge is -2.36. The number of carbonyl (C=O) groups excluding carboxylic acids is 2. The topological polar surface area (TPSA) is 72.6 Å². The number of aldehydes is 1. The Balaban J connectivity index is 2.31. The molecule has 0 aromatic heterocycles. The van der Waals surface area contributed by atoms with Gasteiger partial charge in [0.1, 0.15) is 24.0 Å². The van der Waals surface area contributed by atoms with Crippen molar-refractivity contribution < 1.29 is 14.3 Å². The van der Waals surface area contributed by atoms with Crippen LogP contribution in [0.15, 0.2) is 78.5 Å². The van der Waals surface area contributed by atoms with Gasteiger partial charge >= 0.3 is 0 Å². The summed E-state index contributed by atoms with van der Waals surface area (Å²) in [4.78, 5) is 25.6. The largest absolute Gasteiger partial charge is 0.489 e. The molecule has 0 radical (unpaired) electrons. The van der Waals surface area contributed by atoms with Crippen LogP contribution in [0.25, 0.3) is 0 Å². The molecule has 0 saturated heterocycles. The van der Waals surface area contributed by atoms with E-state index in [0.717, 1.165) is 41.7 Å². The second-order valence-corrected chi connectivity index (χ2v) is 10.3. The highest BCUT2D eigenvalue weighted by Crippen LogP contribution is 2.43. The van der Waals surface area contributed by atoms with Gasteiger partial charge in [-0.1, -0.05) is 67.6 Å². The maximum atomic E-state index is 12.0. The van der Waals surface area contributed by atoms with Crippen LogP contribution in [0.4, 0.5) is 0 Å². The normalized spacial score (nSPS) is 14.3. The summed E-state index contributed by atoms with van der Waals surface area (Å²) >= 11 is 1.61. The third kappa shape index (κ3) is 9.29. The number of ether oxygens (including phenoxy) is 1. The first kappa shape index (κ1) is 28.2. The molecule has 2 aromatic rings. The Morgan fingerprint density at radius 1 is 1.17 bits per heavy atom. The molecule has 2 rings (SSSR count). The van der Waals surface area contributed by atoms with Crippen molar-refractivity contribution in [3.8, 4) is 5.75 Å². The van der Waals surface area contributed by atoms with Crippen molar-refractivity contribution >= 4 is 24.0 Å². The molecular formula is C29H38N2O3S. The van der Waals surface area contributed by atoms with Crippen molar-refractivity contribution in [2.24, 2.45) is 5.73 Å². The lowest BCUT2D eigenvalue weighted by atomic mass is 10.1. The Morgan fingerprint density at radius 2 is 1.86 bits per heavy atom. The van der Waals surface area contributed by atoms with E-state index >= 15 is 0 Å². The maximum absolute atomic E-state index is 12.0. The van der Waals surface area contributed by atoms with Crippen molar-refractivity contribution in [2.45, 2.75) is 63.2 Å². The SMILES string of the molecule is C/C=C\CC/C(=C\CC(N)=O)N(C)C(S[C@@](C)(C=O)CC)c1ccc(OCc2ccccc2)cc1. The monoisotopic (exact) mass is 494 g/mol. The van der Waals surface area contributed by atoms with Crippen LogP contribution in [0, 0.1) is 0 Å². The number of nitrogens with two attached hydrogens (primary N) is 1. The Labute approximate surface area is 214 Å². The van der Waals surface area contributed by atoms with E-state index in [0.29, 0.717) is 13.0 Å². The summed E-state index contributed by atoms with van der Waals surface area (Å²) in [7, 11) is 2.01. The molecule has 5 nitrogen and oxygen atoms in total. The van der Waals surface area contributed by atoms with Gasteiger partial charge in [0, 0.05) is 19.2 Å². The highest BCUT2D eigenvalue weighted by atomic mass is 32.2. The summed E-state index contributed by atoms with van der Waals surface area (Å²) in [5.41, 5.74) is 8.62. The molecule has 0 heterocycles. The molecule has 0 spiro atoms. The maximum Gasteiger partial charge on any atom is 0.221 e. The summed E-state index contributed by atoms with van der Waals surface area (Å²) in [6, 6.07) is 18.1. The van der Waals surface area contributed by atoms with Crippen molar-refractivity contribution in [3.63, 3.8) is 0 Å². The van der Waals surface area contributed by atoms with Crippen LogP contribution in [0.3, 0.4) is 0 Å². The van der Waals surface area contributed by atoms with Gasteiger partial charge in [0.25, 0.3) is 0 Å². The lowest BCUT2D eigenvalue weighted by Crippen LogP contribution is -2.29. The molecule has 0 fully saturated rings. The van der Waals surface area contributed by atoms with Crippen molar-refractivity contribution in [1.82, 2.24) is 4.90 Å². The van der Waals surface area contributed by atoms with E-state index in [1.807, 2.05) is 94.6 Å². The number of rotatable bonds is 15. The fourth-order valence-electron chi connectivity index (χ4n) is 3.48. The molecule has 2 N–H and O–H groups in total. The molecule has 35 heavy (non-hydrogen) atoms. The van der Waals surface area contributed by atoms with Gasteiger partial charge in [-0.25, -0.2) is 0 Å². The van der Waals surface area contributed by atoms with Crippen LogP contribution in [0.5, 0.6) is 5.75 Å².